The van der Waals surface area contributed by atoms with E-state index in [2.05, 4.69) is 35.5 Å². The molecule has 0 aliphatic carbocycles. The molecule has 1 aliphatic heterocycles. The summed E-state index contributed by atoms with van der Waals surface area (Å²) in [4.78, 5) is 13.2. The van der Waals surface area contributed by atoms with Crippen molar-refractivity contribution in [3.05, 3.63) is 24.3 Å². The molecule has 0 spiro atoms. The van der Waals surface area contributed by atoms with E-state index in [0.717, 1.165) is 38.5 Å². The number of carbonyl (C=O) groups is 1. The van der Waals surface area contributed by atoms with Gasteiger partial charge in [-0.2, -0.15) is 8.42 Å². The van der Waals surface area contributed by atoms with Crippen molar-refractivity contribution in [2.75, 3.05) is 13.2 Å². The van der Waals surface area contributed by atoms with Crippen LogP contribution in [0.4, 0.5) is 0 Å². The maximum atomic E-state index is 13.2. The van der Waals surface area contributed by atoms with E-state index in [1.54, 1.807) is 6.08 Å². The Balaban J connectivity index is 2.20. The Bertz CT molecular complexity index is 1550. The first-order valence-electron chi connectivity index (χ1n) is 35.7. The molecule has 83 heavy (non-hydrogen) atoms. The van der Waals surface area contributed by atoms with Crippen LogP contribution in [-0.2, 0) is 28.9 Å². The summed E-state index contributed by atoms with van der Waals surface area (Å²) in [6.45, 7) is 3.46. The summed E-state index contributed by atoms with van der Waals surface area (Å²) in [7, 11) is -5.09. The number of carbonyl (C=O) groups excluding carboxylic acids is 1. The van der Waals surface area contributed by atoms with Crippen LogP contribution in [0.2, 0.25) is 0 Å². The van der Waals surface area contributed by atoms with Crippen molar-refractivity contribution in [2.24, 2.45) is 0 Å². The molecule has 0 aromatic rings. The number of aliphatic hydroxyl groups is 4. The third kappa shape index (κ3) is 51.2. The molecular formula is C70H135NO11S. The number of rotatable bonds is 64. The summed E-state index contributed by atoms with van der Waals surface area (Å²) >= 11 is 0. The van der Waals surface area contributed by atoms with E-state index in [4.69, 9.17) is 9.47 Å². The molecule has 1 rings (SSSR count). The minimum atomic E-state index is -5.09. The standard InChI is InChI=1S/C70H135NO11S/c1-3-5-7-9-11-13-15-17-19-21-23-25-26-27-28-29-30-31-32-33-34-35-36-37-38-40-42-44-46-48-50-52-54-56-58-60-66(74)71-63(62-80-70-68(76)69(82-83(77,78)79)67(75)65(61-72)81-70)64(73)59-57-55-53-51-49-47-45-43-41-39-24-22-20-18-16-14-12-10-8-6-4-2/h29-30,57,59,63-65,67-70,72-73,75-76H,3-28,31-56,58,60-62H2,1-2H3,(H,71,74)(H,77,78,79)/b30-29-,59-57+. The van der Waals surface area contributed by atoms with Crippen molar-refractivity contribution < 1.29 is 51.8 Å². The van der Waals surface area contributed by atoms with Crippen LogP contribution >= 0.6 is 0 Å². The van der Waals surface area contributed by atoms with Gasteiger partial charge in [-0.15, -0.1) is 0 Å². The second-order valence-electron chi connectivity index (χ2n) is 25.2. The van der Waals surface area contributed by atoms with Gasteiger partial charge in [-0.05, 0) is 44.9 Å². The summed E-state index contributed by atoms with van der Waals surface area (Å²) in [6, 6.07) is -0.943. The van der Waals surface area contributed by atoms with Gasteiger partial charge < -0.3 is 35.2 Å². The van der Waals surface area contributed by atoms with Crippen molar-refractivity contribution in [1.29, 1.82) is 0 Å². The highest BCUT2D eigenvalue weighted by atomic mass is 32.3. The third-order valence-electron chi connectivity index (χ3n) is 17.2. The van der Waals surface area contributed by atoms with Crippen molar-refractivity contribution in [3.8, 4) is 0 Å². The zero-order valence-electron chi connectivity index (χ0n) is 54.0. The first kappa shape index (κ1) is 79.6. The van der Waals surface area contributed by atoms with Crippen LogP contribution in [0.1, 0.15) is 361 Å². The predicted molar refractivity (Wildman–Crippen MR) is 347 cm³/mol. The van der Waals surface area contributed by atoms with Crippen LogP contribution in [0, 0.1) is 0 Å². The zero-order valence-corrected chi connectivity index (χ0v) is 54.9. The van der Waals surface area contributed by atoms with Crippen molar-refractivity contribution >= 4 is 16.3 Å². The molecule has 7 atom stereocenters. The van der Waals surface area contributed by atoms with Gasteiger partial charge in [0.1, 0.15) is 24.4 Å². The smallest absolute Gasteiger partial charge is 0.394 e. The van der Waals surface area contributed by atoms with Gasteiger partial charge in [0.2, 0.25) is 5.91 Å². The summed E-state index contributed by atoms with van der Waals surface area (Å²) < 4.78 is 48.0. The average molecular weight is 1200 g/mol. The Morgan fingerprint density at radius 3 is 1.08 bits per heavy atom. The molecule has 1 heterocycles. The molecule has 6 N–H and O–H groups in total. The van der Waals surface area contributed by atoms with Crippen LogP contribution in [0.5, 0.6) is 0 Å². The van der Waals surface area contributed by atoms with Crippen molar-refractivity contribution in [2.45, 2.75) is 403 Å². The van der Waals surface area contributed by atoms with Crippen LogP contribution in [0.3, 0.4) is 0 Å². The lowest BCUT2D eigenvalue weighted by atomic mass is 9.99. The van der Waals surface area contributed by atoms with Crippen LogP contribution in [0.15, 0.2) is 24.3 Å². The fourth-order valence-electron chi connectivity index (χ4n) is 11.8. The number of ether oxygens (including phenoxy) is 2. The van der Waals surface area contributed by atoms with Gasteiger partial charge >= 0.3 is 10.4 Å². The summed E-state index contributed by atoms with van der Waals surface area (Å²) in [5.74, 6) is -0.255. The SMILES string of the molecule is CCCCCCCCCCCCCCCC/C=C\CCCCCCCCCCCCCCCCCCCC(=O)NC(COC1OC(CO)C(O)C(OS(=O)(=O)O)C1O)C(O)/C=C/CCCCCCCCCCCCCCCCCCCCC. The van der Waals surface area contributed by atoms with Gasteiger partial charge in [0.15, 0.2) is 6.29 Å². The fourth-order valence-corrected chi connectivity index (χ4v) is 12.3. The van der Waals surface area contributed by atoms with E-state index in [1.165, 1.54) is 295 Å². The predicted octanol–water partition coefficient (Wildman–Crippen LogP) is 18.7. The lowest BCUT2D eigenvalue weighted by Crippen LogP contribution is -2.61. The van der Waals surface area contributed by atoms with E-state index in [9.17, 15) is 38.2 Å². The summed E-state index contributed by atoms with van der Waals surface area (Å²) in [6.07, 6.45) is 68.3. The third-order valence-corrected chi connectivity index (χ3v) is 17.7. The number of hydrogen-bond acceptors (Lipinski definition) is 10. The van der Waals surface area contributed by atoms with Gasteiger partial charge in [-0.3, -0.25) is 9.35 Å². The highest BCUT2D eigenvalue weighted by Crippen LogP contribution is 2.26. The number of allylic oxidation sites excluding steroid dienone is 3. The van der Waals surface area contributed by atoms with Crippen molar-refractivity contribution in [1.82, 2.24) is 5.32 Å². The van der Waals surface area contributed by atoms with E-state index >= 15 is 0 Å². The van der Waals surface area contributed by atoms with E-state index in [0.29, 0.717) is 6.42 Å². The first-order chi connectivity index (χ1) is 40.5. The Kier molecular flexibility index (Phi) is 57.1. The molecule has 1 aliphatic rings. The van der Waals surface area contributed by atoms with Crippen LogP contribution in [-0.4, -0.2) is 95.4 Å². The van der Waals surface area contributed by atoms with Crippen LogP contribution < -0.4 is 5.32 Å². The molecule has 492 valence electrons. The molecule has 1 amide bonds. The highest BCUT2D eigenvalue weighted by Gasteiger charge is 2.48. The number of aliphatic hydroxyl groups excluding tert-OH is 4. The highest BCUT2D eigenvalue weighted by molar-refractivity contribution is 7.80. The Morgan fingerprint density at radius 2 is 0.771 bits per heavy atom. The molecule has 7 unspecified atom stereocenters. The largest absolute Gasteiger partial charge is 0.397 e. The second-order valence-corrected chi connectivity index (χ2v) is 26.2. The number of amides is 1. The lowest BCUT2D eigenvalue weighted by molar-refractivity contribution is -0.298. The lowest BCUT2D eigenvalue weighted by Gasteiger charge is -2.41. The average Bonchev–Trinajstić information content (AvgIpc) is 3.59. The second kappa shape index (κ2) is 59.5. The number of nitrogens with one attached hydrogen (secondary N) is 1. The molecule has 1 fully saturated rings. The number of hydrogen-bond donors (Lipinski definition) is 6. The molecule has 0 radical (unpaired) electrons. The number of unbranched alkanes of at least 4 members (excludes halogenated alkanes) is 50. The molecule has 13 heteroatoms. The monoisotopic (exact) mass is 1200 g/mol. The Hall–Kier alpha value is -1.42. The van der Waals surface area contributed by atoms with Crippen molar-refractivity contribution in [3.63, 3.8) is 0 Å². The summed E-state index contributed by atoms with van der Waals surface area (Å²) in [5, 5.41) is 45.2. The van der Waals surface area contributed by atoms with Gasteiger partial charge in [0.25, 0.3) is 0 Å². The maximum Gasteiger partial charge on any atom is 0.397 e. The Labute approximate surface area is 512 Å². The quantitative estimate of drug-likeness (QED) is 0.0193. The summed E-state index contributed by atoms with van der Waals surface area (Å²) in [5.41, 5.74) is 0. The van der Waals surface area contributed by atoms with Crippen LogP contribution in [0.25, 0.3) is 0 Å². The van der Waals surface area contributed by atoms with Gasteiger partial charge in [0, 0.05) is 6.42 Å². The molecule has 12 nitrogen and oxygen atoms in total. The molecule has 0 aromatic carbocycles. The minimum absolute atomic E-state index is 0.255. The van der Waals surface area contributed by atoms with Gasteiger partial charge in [0.05, 0.1) is 25.4 Å². The maximum absolute atomic E-state index is 13.2. The Morgan fingerprint density at radius 1 is 0.470 bits per heavy atom. The molecule has 0 aromatic heterocycles. The van der Waals surface area contributed by atoms with E-state index in [1.807, 2.05) is 6.08 Å². The minimum Gasteiger partial charge on any atom is -0.394 e. The molecular weight excluding hydrogens is 1060 g/mol. The molecule has 1 saturated heterocycles. The van der Waals surface area contributed by atoms with Gasteiger partial charge in [-0.1, -0.05) is 334 Å². The van der Waals surface area contributed by atoms with E-state index < -0.39 is 59.9 Å². The zero-order chi connectivity index (χ0) is 60.4. The normalized spacial score (nSPS) is 18.5. The fraction of sp³-hybridized carbons (Fsp3) is 0.929. The molecule has 0 bridgehead atoms. The topological polar surface area (TPSA) is 192 Å². The van der Waals surface area contributed by atoms with Gasteiger partial charge in [-0.25, -0.2) is 4.18 Å². The van der Waals surface area contributed by atoms with E-state index in [-0.39, 0.29) is 18.9 Å². The molecule has 0 saturated carbocycles. The first-order valence-corrected chi connectivity index (χ1v) is 37.1.